The summed E-state index contributed by atoms with van der Waals surface area (Å²) >= 11 is 15.5. The number of halogens is 2. The number of aromatic carboxylic acids is 1. The molecule has 2 aromatic carbocycles. The van der Waals surface area contributed by atoms with Gasteiger partial charge in [0.1, 0.15) is 0 Å². The van der Waals surface area contributed by atoms with Gasteiger partial charge in [-0.2, -0.15) is 9.78 Å². The molecule has 2 aromatic heterocycles. The van der Waals surface area contributed by atoms with E-state index in [1.807, 2.05) is 39.0 Å². The monoisotopic (exact) mass is 531 g/mol. The van der Waals surface area contributed by atoms with Crippen molar-refractivity contribution < 1.29 is 9.90 Å². The van der Waals surface area contributed by atoms with Crippen LogP contribution in [0.2, 0.25) is 10.0 Å². The summed E-state index contributed by atoms with van der Waals surface area (Å²) in [6, 6.07) is 11.4. The van der Waals surface area contributed by atoms with Gasteiger partial charge in [0.2, 0.25) is 5.13 Å². The van der Waals surface area contributed by atoms with Gasteiger partial charge in [0.25, 0.3) is 0 Å². The lowest BCUT2D eigenvalue weighted by Gasteiger charge is -2.06. The van der Waals surface area contributed by atoms with E-state index in [2.05, 4.69) is 25.0 Å². The molecule has 0 saturated heterocycles. The van der Waals surface area contributed by atoms with Crippen LogP contribution in [0.1, 0.15) is 41.2 Å². The van der Waals surface area contributed by atoms with E-state index >= 15 is 0 Å². The lowest BCUT2D eigenvalue weighted by molar-refractivity contribution is 0.0688. The number of aryl methyl sites for hydroxylation is 3. The van der Waals surface area contributed by atoms with Crippen LogP contribution in [0.15, 0.2) is 40.6 Å². The van der Waals surface area contributed by atoms with Crippen LogP contribution in [-0.4, -0.2) is 31.1 Å². The average Bonchev–Trinajstić information content (AvgIpc) is 3.30. The third kappa shape index (κ3) is 4.89. The van der Waals surface area contributed by atoms with Gasteiger partial charge in [0, 0.05) is 16.4 Å². The smallest absolute Gasteiger partial charge is 0.355 e. The van der Waals surface area contributed by atoms with Crippen molar-refractivity contribution in [3.8, 4) is 27.5 Å². The van der Waals surface area contributed by atoms with Crippen LogP contribution in [-0.2, 0) is 0 Å². The molecule has 4 aromatic rings. The molecule has 34 heavy (non-hydrogen) atoms. The summed E-state index contributed by atoms with van der Waals surface area (Å²) in [5, 5.41) is 16.5. The van der Waals surface area contributed by atoms with Crippen molar-refractivity contribution in [1.82, 2.24) is 14.8 Å². The Morgan fingerprint density at radius 2 is 1.71 bits per heavy atom. The Labute approximate surface area is 216 Å². The van der Waals surface area contributed by atoms with E-state index in [1.165, 1.54) is 16.0 Å². The Hall–Kier alpha value is -2.32. The lowest BCUT2D eigenvalue weighted by Crippen LogP contribution is -2.09. The van der Waals surface area contributed by atoms with Gasteiger partial charge in [-0.15, -0.1) is 11.8 Å². The quantitative estimate of drug-likeness (QED) is 0.254. The largest absolute Gasteiger partial charge is 0.476 e. The molecule has 5 nitrogen and oxygen atoms in total. The van der Waals surface area contributed by atoms with Crippen molar-refractivity contribution in [3.63, 3.8) is 0 Å². The Balaban J connectivity index is 1.93. The Bertz CT molecular complexity index is 1390. The number of carboxylic acid groups (broad SMARTS) is 1. The summed E-state index contributed by atoms with van der Waals surface area (Å²) in [6.07, 6.45) is 0. The third-order valence-corrected chi connectivity index (χ3v) is 8.06. The number of carbonyl (C=O) groups is 1. The molecule has 0 fully saturated rings. The zero-order valence-corrected chi connectivity index (χ0v) is 22.5. The minimum absolute atomic E-state index is 0.0954. The number of carboxylic acids is 1. The number of hydrogen-bond acceptors (Lipinski definition) is 5. The molecule has 0 bridgehead atoms. The summed E-state index contributed by atoms with van der Waals surface area (Å²) in [7, 11) is 0. The highest BCUT2D eigenvalue weighted by atomic mass is 35.5. The molecule has 0 amide bonds. The second-order valence-electron chi connectivity index (χ2n) is 8.33. The van der Waals surface area contributed by atoms with Crippen molar-refractivity contribution in [2.75, 3.05) is 0 Å². The molecule has 176 valence electrons. The first-order valence-corrected chi connectivity index (χ1v) is 13.0. The Morgan fingerprint density at radius 1 is 1.03 bits per heavy atom. The first kappa shape index (κ1) is 24.8. The maximum Gasteiger partial charge on any atom is 0.355 e. The average molecular weight is 533 g/mol. The highest BCUT2D eigenvalue weighted by Crippen LogP contribution is 2.42. The second kappa shape index (κ2) is 9.74. The van der Waals surface area contributed by atoms with E-state index in [0.717, 1.165) is 32.2 Å². The topological polar surface area (TPSA) is 68.0 Å². The summed E-state index contributed by atoms with van der Waals surface area (Å²) < 4.78 is 2.40. The molecular formula is C25H23Cl2N3O2S2. The minimum Gasteiger partial charge on any atom is -0.476 e. The van der Waals surface area contributed by atoms with Crippen LogP contribution < -0.4 is 0 Å². The van der Waals surface area contributed by atoms with Gasteiger partial charge >= 0.3 is 5.97 Å². The highest BCUT2D eigenvalue weighted by molar-refractivity contribution is 8.01. The molecule has 0 aliphatic carbocycles. The molecule has 0 spiro atoms. The number of nitrogens with zero attached hydrogens (tertiary/aromatic N) is 3. The van der Waals surface area contributed by atoms with Crippen molar-refractivity contribution in [1.29, 1.82) is 0 Å². The SMILES string of the molecule is Cc1cc(C)cc(-c2c(C)nn(-c3nc(-c4ccc(Cl)c(Cl)c4)c(SC(C)C)s3)c2C(=O)O)c1. The van der Waals surface area contributed by atoms with Crippen molar-refractivity contribution >= 4 is 52.3 Å². The number of thiazole rings is 1. The van der Waals surface area contributed by atoms with Gasteiger partial charge in [-0.05, 0) is 38.5 Å². The summed E-state index contributed by atoms with van der Waals surface area (Å²) in [5.41, 5.74) is 5.82. The fraction of sp³-hybridized carbons (Fsp3) is 0.240. The Morgan fingerprint density at radius 3 is 2.29 bits per heavy atom. The summed E-state index contributed by atoms with van der Waals surface area (Å²) in [4.78, 5) is 17.3. The van der Waals surface area contributed by atoms with Crippen molar-refractivity contribution in [2.45, 2.75) is 44.1 Å². The molecule has 1 N–H and O–H groups in total. The predicted octanol–water partition coefficient (Wildman–Crippen LogP) is 8.09. The fourth-order valence-electron chi connectivity index (χ4n) is 3.83. The fourth-order valence-corrected chi connectivity index (χ4v) is 6.61. The van der Waals surface area contributed by atoms with Gasteiger partial charge < -0.3 is 5.11 Å². The maximum absolute atomic E-state index is 12.5. The molecule has 4 rings (SSSR count). The van der Waals surface area contributed by atoms with Crippen LogP contribution >= 0.6 is 46.3 Å². The summed E-state index contributed by atoms with van der Waals surface area (Å²) in [6.45, 7) is 10.0. The molecule has 0 saturated carbocycles. The van der Waals surface area contributed by atoms with Gasteiger partial charge in [0.05, 0.1) is 25.6 Å². The van der Waals surface area contributed by atoms with Crippen molar-refractivity contribution in [2.24, 2.45) is 0 Å². The molecule has 0 radical (unpaired) electrons. The van der Waals surface area contributed by atoms with Crippen molar-refractivity contribution in [3.05, 3.63) is 69.0 Å². The molecule has 0 aliphatic heterocycles. The normalized spacial score (nSPS) is 11.4. The Kier molecular flexibility index (Phi) is 7.10. The highest BCUT2D eigenvalue weighted by Gasteiger charge is 2.27. The van der Waals surface area contributed by atoms with E-state index in [4.69, 9.17) is 28.2 Å². The molecule has 0 aliphatic rings. The third-order valence-electron chi connectivity index (χ3n) is 5.08. The van der Waals surface area contributed by atoms with Gasteiger partial charge in [-0.25, -0.2) is 9.78 Å². The lowest BCUT2D eigenvalue weighted by atomic mass is 9.99. The van der Waals surface area contributed by atoms with Crippen LogP contribution in [0.3, 0.4) is 0 Å². The molecule has 2 heterocycles. The standard InChI is InChI=1S/C25H23Cl2N3O2S2/c1-12(2)33-24-21(16-6-7-18(26)19(27)11-16)28-25(34-24)30-22(23(31)32)20(15(5)29-30)17-9-13(3)8-14(4)10-17/h6-12H,1-5H3,(H,31,32). The second-order valence-corrected chi connectivity index (χ2v) is 12.0. The number of thioether (sulfide) groups is 1. The summed E-state index contributed by atoms with van der Waals surface area (Å²) in [5.74, 6) is -1.06. The van der Waals surface area contributed by atoms with Gasteiger partial charge in [0.15, 0.2) is 5.69 Å². The zero-order valence-electron chi connectivity index (χ0n) is 19.3. The van der Waals surface area contributed by atoms with Gasteiger partial charge in [-0.3, -0.25) is 0 Å². The van der Waals surface area contributed by atoms with E-state index in [-0.39, 0.29) is 5.69 Å². The van der Waals surface area contributed by atoms with E-state index in [0.29, 0.717) is 31.7 Å². The minimum atomic E-state index is -1.06. The molecule has 9 heteroatoms. The maximum atomic E-state index is 12.5. The van der Waals surface area contributed by atoms with Crippen LogP contribution in [0, 0.1) is 20.8 Å². The first-order valence-electron chi connectivity index (χ1n) is 10.6. The van der Waals surface area contributed by atoms with Crippen LogP contribution in [0.25, 0.3) is 27.5 Å². The van der Waals surface area contributed by atoms with E-state index in [9.17, 15) is 9.90 Å². The number of rotatable bonds is 6. The first-order chi connectivity index (χ1) is 16.0. The van der Waals surface area contributed by atoms with E-state index in [1.54, 1.807) is 23.9 Å². The van der Waals surface area contributed by atoms with Crippen LogP contribution in [0.4, 0.5) is 0 Å². The molecule has 0 atom stereocenters. The molecule has 0 unspecified atom stereocenters. The number of benzene rings is 2. The van der Waals surface area contributed by atoms with Gasteiger partial charge in [-0.1, -0.05) is 83.8 Å². The molecular weight excluding hydrogens is 509 g/mol. The van der Waals surface area contributed by atoms with E-state index < -0.39 is 5.97 Å². The zero-order chi connectivity index (χ0) is 24.7. The number of aromatic nitrogens is 3. The predicted molar refractivity (Wildman–Crippen MR) is 142 cm³/mol. The van der Waals surface area contributed by atoms with Crippen LogP contribution in [0.5, 0.6) is 0 Å². The number of hydrogen-bond donors (Lipinski definition) is 1.